The van der Waals surface area contributed by atoms with E-state index in [2.05, 4.69) is 34.3 Å². The van der Waals surface area contributed by atoms with Crippen LogP contribution in [0.4, 0.5) is 0 Å². The minimum atomic E-state index is -0.378. The molecule has 0 amide bonds. The number of ether oxygens (including phenoxy) is 1. The molecule has 2 N–H and O–H groups in total. The van der Waals surface area contributed by atoms with Crippen molar-refractivity contribution in [2.24, 2.45) is 0 Å². The molecule has 1 aromatic rings. The summed E-state index contributed by atoms with van der Waals surface area (Å²) in [5.74, 6) is 0. The summed E-state index contributed by atoms with van der Waals surface area (Å²) < 4.78 is 4.97. The van der Waals surface area contributed by atoms with Crippen LogP contribution in [0.1, 0.15) is 24.1 Å². The van der Waals surface area contributed by atoms with Crippen molar-refractivity contribution in [2.45, 2.75) is 38.5 Å². The molecule has 1 unspecified atom stereocenters. The average molecular weight is 293 g/mol. The van der Waals surface area contributed by atoms with Gasteiger partial charge in [0.15, 0.2) is 0 Å². The van der Waals surface area contributed by atoms with E-state index in [0.717, 1.165) is 38.2 Å². The Hall–Kier alpha value is -1.01. The number of aliphatic hydroxyl groups excluding tert-OH is 1. The van der Waals surface area contributed by atoms with Crippen LogP contribution < -0.4 is 5.32 Å². The Morgan fingerprint density at radius 2 is 2.19 bits per heavy atom. The van der Waals surface area contributed by atoms with Crippen molar-refractivity contribution >= 4 is 0 Å². The van der Waals surface area contributed by atoms with E-state index in [9.17, 15) is 5.11 Å². The Bertz CT molecular complexity index is 402. The maximum atomic E-state index is 9.75. The van der Waals surface area contributed by atoms with Gasteiger partial charge < -0.3 is 20.1 Å². The predicted octanol–water partition coefficient (Wildman–Crippen LogP) is 0.951. The van der Waals surface area contributed by atoms with E-state index in [-0.39, 0.29) is 6.10 Å². The molecule has 118 valence electrons. The fraction of sp³-hybridized carbons (Fsp3) is 0.688. The summed E-state index contributed by atoms with van der Waals surface area (Å²) in [5.41, 5.74) is 2.29. The normalized spacial score (nSPS) is 18.8. The molecule has 0 radical (unpaired) electrons. The minimum Gasteiger partial charge on any atom is -0.389 e. The maximum absolute atomic E-state index is 9.75. The number of likely N-dealkylation sites (tertiary alicyclic amines) is 1. The van der Waals surface area contributed by atoms with Gasteiger partial charge in [-0.1, -0.05) is 6.07 Å². The third kappa shape index (κ3) is 5.71. The third-order valence-corrected chi connectivity index (χ3v) is 3.96. The highest BCUT2D eigenvalue weighted by molar-refractivity contribution is 5.12. The van der Waals surface area contributed by atoms with Gasteiger partial charge in [-0.2, -0.15) is 0 Å². The summed E-state index contributed by atoms with van der Waals surface area (Å²) in [4.78, 5) is 6.73. The molecule has 5 heteroatoms. The lowest BCUT2D eigenvalue weighted by Crippen LogP contribution is -2.45. The first kappa shape index (κ1) is 16.4. The summed E-state index contributed by atoms with van der Waals surface area (Å²) in [6.45, 7) is 6.06. The second-order valence-electron chi connectivity index (χ2n) is 5.89. The van der Waals surface area contributed by atoms with Crippen molar-refractivity contribution in [3.8, 4) is 0 Å². The van der Waals surface area contributed by atoms with Crippen LogP contribution in [0.3, 0.4) is 0 Å². The van der Waals surface area contributed by atoms with E-state index in [1.807, 2.05) is 6.20 Å². The molecule has 1 aliphatic heterocycles. The fourth-order valence-electron chi connectivity index (χ4n) is 2.71. The van der Waals surface area contributed by atoms with Crippen LogP contribution in [-0.2, 0) is 11.3 Å². The topological polar surface area (TPSA) is 57.6 Å². The van der Waals surface area contributed by atoms with Gasteiger partial charge in [-0.3, -0.25) is 4.98 Å². The Morgan fingerprint density at radius 3 is 2.81 bits per heavy atom. The van der Waals surface area contributed by atoms with E-state index in [4.69, 9.17) is 4.74 Å². The first-order valence-corrected chi connectivity index (χ1v) is 7.71. The Labute approximate surface area is 127 Å². The number of methoxy groups -OCH3 is 1. The van der Waals surface area contributed by atoms with Crippen LogP contribution in [0.5, 0.6) is 0 Å². The molecule has 1 aliphatic rings. The number of rotatable bonds is 7. The number of aryl methyl sites for hydroxylation is 1. The fourth-order valence-corrected chi connectivity index (χ4v) is 2.71. The van der Waals surface area contributed by atoms with Gasteiger partial charge in [0.05, 0.1) is 18.4 Å². The first-order valence-electron chi connectivity index (χ1n) is 7.71. The molecule has 0 aromatic carbocycles. The van der Waals surface area contributed by atoms with E-state index in [1.54, 1.807) is 7.11 Å². The smallest absolute Gasteiger partial charge is 0.0900 e. The number of hydrogen-bond acceptors (Lipinski definition) is 5. The molecule has 2 rings (SSSR count). The molecule has 0 aliphatic carbocycles. The number of nitrogens with zero attached hydrogens (tertiary/aromatic N) is 2. The monoisotopic (exact) mass is 293 g/mol. The van der Waals surface area contributed by atoms with Crippen molar-refractivity contribution < 1.29 is 9.84 Å². The van der Waals surface area contributed by atoms with Gasteiger partial charge in [-0.25, -0.2) is 0 Å². The van der Waals surface area contributed by atoms with Gasteiger partial charge in [0.25, 0.3) is 0 Å². The molecule has 1 atom stereocenters. The van der Waals surface area contributed by atoms with E-state index < -0.39 is 0 Å². The SMILES string of the molecule is COCC(O)CN1CCC(NCc2ccc(C)cn2)CC1. The number of piperidine rings is 1. The Balaban J connectivity index is 1.66. The molecule has 2 heterocycles. The van der Waals surface area contributed by atoms with Gasteiger partial charge >= 0.3 is 0 Å². The van der Waals surface area contributed by atoms with Gasteiger partial charge in [0.1, 0.15) is 0 Å². The lowest BCUT2D eigenvalue weighted by Gasteiger charge is -2.33. The van der Waals surface area contributed by atoms with Gasteiger partial charge in [0, 0.05) is 32.4 Å². The predicted molar refractivity (Wildman–Crippen MR) is 83.2 cm³/mol. The summed E-state index contributed by atoms with van der Waals surface area (Å²) in [5, 5.41) is 13.3. The van der Waals surface area contributed by atoms with Crippen LogP contribution in [-0.4, -0.2) is 60.5 Å². The standard InChI is InChI=1S/C16H27N3O2/c1-13-3-4-15(17-9-13)10-18-14-5-7-19(8-6-14)11-16(20)12-21-2/h3-4,9,14,16,18,20H,5-8,10-12H2,1-2H3. The number of aliphatic hydroxyl groups is 1. The number of hydrogen-bond donors (Lipinski definition) is 2. The summed E-state index contributed by atoms with van der Waals surface area (Å²) in [6, 6.07) is 4.73. The van der Waals surface area contributed by atoms with Crippen molar-refractivity contribution in [3.05, 3.63) is 29.6 Å². The summed E-state index contributed by atoms with van der Waals surface area (Å²) in [6.07, 6.45) is 3.77. The van der Waals surface area contributed by atoms with Crippen molar-refractivity contribution in [1.82, 2.24) is 15.2 Å². The highest BCUT2D eigenvalue weighted by Crippen LogP contribution is 2.11. The summed E-state index contributed by atoms with van der Waals surface area (Å²) in [7, 11) is 1.62. The Morgan fingerprint density at radius 1 is 1.43 bits per heavy atom. The van der Waals surface area contributed by atoms with E-state index in [0.29, 0.717) is 19.2 Å². The van der Waals surface area contributed by atoms with Crippen molar-refractivity contribution in [3.63, 3.8) is 0 Å². The highest BCUT2D eigenvalue weighted by atomic mass is 16.5. The van der Waals surface area contributed by atoms with Gasteiger partial charge in [0.2, 0.25) is 0 Å². The van der Waals surface area contributed by atoms with Gasteiger partial charge in [-0.15, -0.1) is 0 Å². The number of β-amino-alcohol motifs (C(OH)–C–C–N with tert-alkyl or cyclic N) is 1. The molecule has 5 nitrogen and oxygen atoms in total. The van der Waals surface area contributed by atoms with E-state index in [1.165, 1.54) is 5.56 Å². The zero-order valence-electron chi connectivity index (χ0n) is 13.1. The number of aromatic nitrogens is 1. The lowest BCUT2D eigenvalue weighted by atomic mass is 10.0. The van der Waals surface area contributed by atoms with Crippen LogP contribution in [0.25, 0.3) is 0 Å². The van der Waals surface area contributed by atoms with Crippen LogP contribution in [0.2, 0.25) is 0 Å². The second-order valence-corrected chi connectivity index (χ2v) is 5.89. The van der Waals surface area contributed by atoms with Crippen molar-refractivity contribution in [1.29, 1.82) is 0 Å². The summed E-state index contributed by atoms with van der Waals surface area (Å²) >= 11 is 0. The first-order chi connectivity index (χ1) is 10.2. The van der Waals surface area contributed by atoms with E-state index >= 15 is 0 Å². The highest BCUT2D eigenvalue weighted by Gasteiger charge is 2.20. The van der Waals surface area contributed by atoms with Crippen LogP contribution in [0, 0.1) is 6.92 Å². The molecule has 1 fully saturated rings. The minimum absolute atomic E-state index is 0.378. The molecule has 21 heavy (non-hydrogen) atoms. The largest absolute Gasteiger partial charge is 0.389 e. The zero-order valence-corrected chi connectivity index (χ0v) is 13.1. The Kier molecular flexibility index (Phi) is 6.57. The maximum Gasteiger partial charge on any atom is 0.0900 e. The number of nitrogens with one attached hydrogen (secondary N) is 1. The molecular weight excluding hydrogens is 266 g/mol. The van der Waals surface area contributed by atoms with Crippen LogP contribution >= 0.6 is 0 Å². The lowest BCUT2D eigenvalue weighted by molar-refractivity contribution is 0.0310. The number of pyridine rings is 1. The molecule has 0 spiro atoms. The van der Waals surface area contributed by atoms with Crippen molar-refractivity contribution in [2.75, 3.05) is 33.4 Å². The molecule has 1 saturated heterocycles. The van der Waals surface area contributed by atoms with Crippen LogP contribution in [0.15, 0.2) is 18.3 Å². The third-order valence-electron chi connectivity index (χ3n) is 3.96. The van der Waals surface area contributed by atoms with Gasteiger partial charge in [-0.05, 0) is 44.5 Å². The molecule has 1 aromatic heterocycles. The quantitative estimate of drug-likeness (QED) is 0.784. The molecular formula is C16H27N3O2. The average Bonchev–Trinajstić information content (AvgIpc) is 2.48. The second kappa shape index (κ2) is 8.44. The molecule has 0 bridgehead atoms. The zero-order chi connectivity index (χ0) is 15.1. The molecule has 0 saturated carbocycles.